The van der Waals surface area contributed by atoms with Crippen LogP contribution in [0.25, 0.3) is 0 Å². The summed E-state index contributed by atoms with van der Waals surface area (Å²) in [6.45, 7) is 6.51. The molecule has 0 N–H and O–H groups in total. The van der Waals surface area contributed by atoms with Crippen LogP contribution in [0.1, 0.15) is 26.7 Å². The molecule has 1 heterocycles. The molecule has 11 heavy (non-hydrogen) atoms. The second kappa shape index (κ2) is 4.39. The van der Waals surface area contributed by atoms with Gasteiger partial charge in [-0.15, -0.1) is 0 Å². The smallest absolute Gasteiger partial charge is 0.124 e. The number of nitrogens with zero attached hydrogens (tertiary/aromatic N) is 1. The molecule has 2 nitrogen and oxygen atoms in total. The van der Waals surface area contributed by atoms with Crippen LogP contribution in [0.2, 0.25) is 0 Å². The zero-order valence-electron chi connectivity index (χ0n) is 7.42. The molecule has 1 fully saturated rings. The van der Waals surface area contributed by atoms with E-state index in [2.05, 4.69) is 28.0 Å². The summed E-state index contributed by atoms with van der Waals surface area (Å²) in [5, 5.41) is 0. The van der Waals surface area contributed by atoms with E-state index in [0.29, 0.717) is 6.04 Å². The lowest BCUT2D eigenvalue weighted by atomic mass is 10.3. The first-order valence-corrected chi connectivity index (χ1v) is 5.01. The third-order valence-corrected chi connectivity index (χ3v) is 2.66. The highest BCUT2D eigenvalue weighted by atomic mass is 31.0. The summed E-state index contributed by atoms with van der Waals surface area (Å²) in [6.07, 6.45) is 2.47. The van der Waals surface area contributed by atoms with Crippen molar-refractivity contribution in [2.45, 2.75) is 38.7 Å². The molecule has 0 saturated carbocycles. The second-order valence-corrected chi connectivity index (χ2v) is 3.87. The van der Waals surface area contributed by atoms with Crippen LogP contribution in [0.3, 0.4) is 0 Å². The van der Waals surface area contributed by atoms with Crippen LogP contribution < -0.4 is 0 Å². The van der Waals surface area contributed by atoms with Gasteiger partial charge in [0.15, 0.2) is 0 Å². The molecule has 1 rings (SSSR count). The van der Waals surface area contributed by atoms with Gasteiger partial charge in [-0.25, -0.2) is 0 Å². The molecule has 2 atom stereocenters. The molecule has 1 saturated heterocycles. The number of hydrogen-bond donors (Lipinski definition) is 0. The number of ether oxygens (including phenoxy) is 1. The van der Waals surface area contributed by atoms with Crippen molar-refractivity contribution in [2.75, 3.05) is 13.2 Å². The maximum Gasteiger partial charge on any atom is 0.124 e. The van der Waals surface area contributed by atoms with Crippen molar-refractivity contribution < 1.29 is 4.74 Å². The van der Waals surface area contributed by atoms with Crippen LogP contribution in [0.4, 0.5) is 0 Å². The lowest BCUT2D eigenvalue weighted by Gasteiger charge is -2.29. The Labute approximate surface area is 71.5 Å². The molecule has 1 aliphatic heterocycles. The van der Waals surface area contributed by atoms with Gasteiger partial charge in [-0.2, -0.15) is 0 Å². The fourth-order valence-electron chi connectivity index (χ4n) is 1.38. The van der Waals surface area contributed by atoms with Crippen molar-refractivity contribution >= 4 is 9.24 Å². The summed E-state index contributed by atoms with van der Waals surface area (Å²) in [4.78, 5) is 2.37. The van der Waals surface area contributed by atoms with Crippen LogP contribution in [-0.2, 0) is 4.74 Å². The van der Waals surface area contributed by atoms with E-state index in [4.69, 9.17) is 4.74 Å². The lowest BCUT2D eigenvalue weighted by Crippen LogP contribution is -2.37. The van der Waals surface area contributed by atoms with Crippen molar-refractivity contribution in [3.05, 3.63) is 0 Å². The molecule has 1 aliphatic rings. The minimum absolute atomic E-state index is 0.234. The standard InChI is InChI=1S/C8H18NOP/c1-7(2)9-5-3-4-6-10-8(9)11/h7-8H,3-6,11H2,1-2H3. The highest BCUT2D eigenvalue weighted by Crippen LogP contribution is 2.17. The number of hydrogen-bond acceptors (Lipinski definition) is 2. The van der Waals surface area contributed by atoms with E-state index in [9.17, 15) is 0 Å². The van der Waals surface area contributed by atoms with E-state index in [1.165, 1.54) is 19.4 Å². The fraction of sp³-hybridized carbons (Fsp3) is 1.00. The first-order chi connectivity index (χ1) is 5.22. The first-order valence-electron chi connectivity index (χ1n) is 4.35. The molecule has 0 aromatic heterocycles. The van der Waals surface area contributed by atoms with Crippen LogP contribution in [0, 0.1) is 0 Å². The first kappa shape index (κ1) is 9.44. The van der Waals surface area contributed by atoms with E-state index in [0.717, 1.165) is 6.61 Å². The van der Waals surface area contributed by atoms with Crippen LogP contribution in [0.15, 0.2) is 0 Å². The summed E-state index contributed by atoms with van der Waals surface area (Å²) < 4.78 is 5.57. The van der Waals surface area contributed by atoms with Crippen LogP contribution >= 0.6 is 9.24 Å². The quantitative estimate of drug-likeness (QED) is 0.562. The molecule has 3 heteroatoms. The second-order valence-electron chi connectivity index (χ2n) is 3.30. The molecule has 0 radical (unpaired) electrons. The molecule has 2 unspecified atom stereocenters. The topological polar surface area (TPSA) is 12.5 Å². The Kier molecular flexibility index (Phi) is 3.77. The largest absolute Gasteiger partial charge is 0.360 e. The van der Waals surface area contributed by atoms with Gasteiger partial charge in [-0.05, 0) is 26.7 Å². The zero-order chi connectivity index (χ0) is 8.27. The van der Waals surface area contributed by atoms with Gasteiger partial charge >= 0.3 is 0 Å². The Bertz CT molecular complexity index is 119. The average molecular weight is 175 g/mol. The van der Waals surface area contributed by atoms with Crippen LogP contribution in [0.5, 0.6) is 0 Å². The highest BCUT2D eigenvalue weighted by molar-refractivity contribution is 7.17. The molecule has 0 spiro atoms. The molecule has 66 valence electrons. The van der Waals surface area contributed by atoms with Crippen molar-refractivity contribution in [3.63, 3.8) is 0 Å². The maximum atomic E-state index is 5.57. The number of rotatable bonds is 1. The Hall–Kier alpha value is 0.350. The van der Waals surface area contributed by atoms with Gasteiger partial charge in [-0.1, -0.05) is 9.24 Å². The van der Waals surface area contributed by atoms with E-state index in [1.807, 2.05) is 0 Å². The molecule has 0 aliphatic carbocycles. The Morgan fingerprint density at radius 2 is 2.18 bits per heavy atom. The summed E-state index contributed by atoms with van der Waals surface area (Å²) >= 11 is 0. The molecule has 0 aromatic carbocycles. The molecular formula is C8H18NOP. The maximum absolute atomic E-state index is 5.57. The van der Waals surface area contributed by atoms with Crippen molar-refractivity contribution in [1.82, 2.24) is 4.90 Å². The lowest BCUT2D eigenvalue weighted by molar-refractivity contribution is 0.00429. The van der Waals surface area contributed by atoms with Crippen molar-refractivity contribution in [3.8, 4) is 0 Å². The fourth-order valence-corrected chi connectivity index (χ4v) is 2.00. The average Bonchev–Trinajstić information content (AvgIpc) is 2.13. The Morgan fingerprint density at radius 3 is 2.82 bits per heavy atom. The molecular weight excluding hydrogens is 157 g/mol. The highest BCUT2D eigenvalue weighted by Gasteiger charge is 2.19. The van der Waals surface area contributed by atoms with Gasteiger partial charge in [0.05, 0.1) is 0 Å². The SMILES string of the molecule is CC(C)N1CCCCOC1P. The van der Waals surface area contributed by atoms with Crippen LogP contribution in [-0.4, -0.2) is 30.1 Å². The molecule has 0 amide bonds. The monoisotopic (exact) mass is 175 g/mol. The van der Waals surface area contributed by atoms with Crippen molar-refractivity contribution in [2.24, 2.45) is 0 Å². The summed E-state index contributed by atoms with van der Waals surface area (Å²) in [5.74, 6) is 0.234. The van der Waals surface area contributed by atoms with Gasteiger partial charge in [0, 0.05) is 19.2 Å². The van der Waals surface area contributed by atoms with Gasteiger partial charge in [0.1, 0.15) is 5.97 Å². The van der Waals surface area contributed by atoms with Gasteiger partial charge in [0.2, 0.25) is 0 Å². The van der Waals surface area contributed by atoms with Gasteiger partial charge in [0.25, 0.3) is 0 Å². The third kappa shape index (κ3) is 2.70. The normalized spacial score (nSPS) is 28.9. The summed E-state index contributed by atoms with van der Waals surface area (Å²) in [5.41, 5.74) is 0. The van der Waals surface area contributed by atoms with Gasteiger partial charge < -0.3 is 4.74 Å². The van der Waals surface area contributed by atoms with E-state index in [-0.39, 0.29) is 5.97 Å². The molecule has 0 aromatic rings. The van der Waals surface area contributed by atoms with Crippen molar-refractivity contribution in [1.29, 1.82) is 0 Å². The minimum atomic E-state index is 0.234. The summed E-state index contributed by atoms with van der Waals surface area (Å²) in [7, 11) is 2.75. The molecule has 0 bridgehead atoms. The zero-order valence-corrected chi connectivity index (χ0v) is 8.57. The van der Waals surface area contributed by atoms with E-state index >= 15 is 0 Å². The predicted molar refractivity (Wildman–Crippen MR) is 50.5 cm³/mol. The third-order valence-electron chi connectivity index (χ3n) is 2.09. The predicted octanol–water partition coefficient (Wildman–Crippen LogP) is 1.67. The Morgan fingerprint density at radius 1 is 1.45 bits per heavy atom. The van der Waals surface area contributed by atoms with Gasteiger partial charge in [-0.3, -0.25) is 4.90 Å². The summed E-state index contributed by atoms with van der Waals surface area (Å²) in [6, 6.07) is 0.593. The Balaban J connectivity index is 2.45. The minimum Gasteiger partial charge on any atom is -0.360 e. The van der Waals surface area contributed by atoms with E-state index in [1.54, 1.807) is 0 Å². The van der Waals surface area contributed by atoms with E-state index < -0.39 is 0 Å².